The quantitative estimate of drug-likeness (QED) is 0.456. The molecule has 0 saturated carbocycles. The van der Waals surface area contributed by atoms with Crippen LogP contribution in [0.1, 0.15) is 0 Å². The second kappa shape index (κ2) is 6.18. The summed E-state index contributed by atoms with van der Waals surface area (Å²) in [4.78, 5) is 0. The first-order chi connectivity index (χ1) is 3.41. The highest BCUT2D eigenvalue weighted by Gasteiger charge is 1.67. The normalized spacial score (nSPS) is 10.6. The molecule has 0 aliphatic carbocycles. The molecule has 0 aliphatic rings. The number of halogens is 1. The summed E-state index contributed by atoms with van der Waals surface area (Å²) in [5.74, 6) is 0. The van der Waals surface area contributed by atoms with Crippen molar-refractivity contribution in [1.82, 2.24) is 0 Å². The molecular formula is C5H8BrO. The van der Waals surface area contributed by atoms with Crippen LogP contribution in [-0.2, 0) is 4.74 Å². The third-order valence-corrected chi connectivity index (χ3v) is 0.844. The molecule has 0 fully saturated rings. The summed E-state index contributed by atoms with van der Waals surface area (Å²) >= 11 is 3.22. The van der Waals surface area contributed by atoms with E-state index in [1.807, 2.05) is 12.2 Å². The van der Waals surface area contributed by atoms with Gasteiger partial charge in [0.15, 0.2) is 0 Å². The molecule has 41 valence electrons. The van der Waals surface area contributed by atoms with Crippen LogP contribution in [0.2, 0.25) is 0 Å². The molecule has 0 unspecified atom stereocenters. The van der Waals surface area contributed by atoms with E-state index in [1.54, 1.807) is 0 Å². The van der Waals surface area contributed by atoms with Crippen LogP contribution < -0.4 is 0 Å². The number of rotatable bonds is 3. The highest BCUT2D eigenvalue weighted by molar-refractivity contribution is 9.09. The molecule has 0 aromatic rings. The Balaban J connectivity index is 2.78. The molecule has 0 N–H and O–H groups in total. The van der Waals surface area contributed by atoms with Crippen molar-refractivity contribution < 1.29 is 4.74 Å². The lowest BCUT2D eigenvalue weighted by Gasteiger charge is -1.82. The molecule has 7 heavy (non-hydrogen) atoms. The van der Waals surface area contributed by atoms with E-state index in [0.29, 0.717) is 6.61 Å². The number of allylic oxidation sites excluding steroid dienone is 1. The fourth-order valence-electron chi connectivity index (χ4n) is 0.199. The maximum Gasteiger partial charge on any atom is 0.0704 e. The van der Waals surface area contributed by atoms with Crippen LogP contribution >= 0.6 is 15.9 Å². The molecule has 0 bridgehead atoms. The Kier molecular flexibility index (Phi) is 6.34. The Labute approximate surface area is 52.5 Å². The Morgan fingerprint density at radius 3 is 2.71 bits per heavy atom. The van der Waals surface area contributed by atoms with Gasteiger partial charge in [0.1, 0.15) is 0 Å². The molecule has 2 heteroatoms. The van der Waals surface area contributed by atoms with E-state index in [9.17, 15) is 0 Å². The van der Waals surface area contributed by atoms with Gasteiger partial charge in [0.05, 0.1) is 13.7 Å². The van der Waals surface area contributed by atoms with Crippen LogP contribution in [0.15, 0.2) is 12.2 Å². The largest absolute Gasteiger partial charge is 0.375 e. The summed E-state index contributed by atoms with van der Waals surface area (Å²) in [6.45, 7) is 0.603. The second-order valence-corrected chi connectivity index (χ2v) is 1.64. The third-order valence-electron chi connectivity index (χ3n) is 0.470. The van der Waals surface area contributed by atoms with Gasteiger partial charge in [-0.15, -0.1) is 0 Å². The molecule has 0 aromatic heterocycles. The van der Waals surface area contributed by atoms with Crippen molar-refractivity contribution in [2.24, 2.45) is 0 Å². The minimum Gasteiger partial charge on any atom is -0.375 e. The molecule has 1 nitrogen and oxygen atoms in total. The topological polar surface area (TPSA) is 9.23 Å². The van der Waals surface area contributed by atoms with Crippen molar-refractivity contribution in [3.63, 3.8) is 0 Å². The van der Waals surface area contributed by atoms with E-state index in [4.69, 9.17) is 0 Å². The minimum atomic E-state index is 0.603. The van der Waals surface area contributed by atoms with Gasteiger partial charge in [-0.2, -0.15) is 0 Å². The zero-order valence-electron chi connectivity index (χ0n) is 4.06. The maximum atomic E-state index is 4.49. The van der Waals surface area contributed by atoms with Gasteiger partial charge in [-0.1, -0.05) is 28.1 Å². The van der Waals surface area contributed by atoms with Crippen LogP contribution in [0, 0.1) is 7.11 Å². The van der Waals surface area contributed by atoms with Crippen molar-refractivity contribution in [2.75, 3.05) is 11.9 Å². The molecular weight excluding hydrogens is 156 g/mol. The molecule has 0 amide bonds. The highest BCUT2D eigenvalue weighted by atomic mass is 79.9. The fraction of sp³-hybridized carbons (Fsp3) is 0.400. The van der Waals surface area contributed by atoms with E-state index in [1.165, 1.54) is 0 Å². The summed E-state index contributed by atoms with van der Waals surface area (Å²) in [5.41, 5.74) is 0. The lowest BCUT2D eigenvalue weighted by atomic mass is 10.6. The molecule has 0 atom stereocenters. The predicted molar refractivity (Wildman–Crippen MR) is 34.2 cm³/mol. The average molecular weight is 164 g/mol. The molecule has 0 spiro atoms. The van der Waals surface area contributed by atoms with Gasteiger partial charge in [-0.05, 0) is 0 Å². The predicted octanol–water partition coefficient (Wildman–Crippen LogP) is 1.75. The van der Waals surface area contributed by atoms with Crippen LogP contribution in [0.3, 0.4) is 0 Å². The molecule has 0 saturated heterocycles. The number of ether oxygens (including phenoxy) is 1. The van der Waals surface area contributed by atoms with Gasteiger partial charge in [-0.25, -0.2) is 0 Å². The lowest BCUT2D eigenvalue weighted by Crippen LogP contribution is -1.76. The summed E-state index contributed by atoms with van der Waals surface area (Å²) in [5, 5.41) is 0.885. The summed E-state index contributed by atoms with van der Waals surface area (Å²) in [7, 11) is 3.19. The maximum absolute atomic E-state index is 4.49. The van der Waals surface area contributed by atoms with Crippen LogP contribution in [-0.4, -0.2) is 11.9 Å². The van der Waals surface area contributed by atoms with Crippen molar-refractivity contribution in [3.8, 4) is 0 Å². The smallest absolute Gasteiger partial charge is 0.0704 e. The van der Waals surface area contributed by atoms with E-state index in [-0.39, 0.29) is 0 Å². The zero-order valence-corrected chi connectivity index (χ0v) is 5.65. The Morgan fingerprint density at radius 1 is 1.57 bits per heavy atom. The van der Waals surface area contributed by atoms with Crippen LogP contribution in [0.4, 0.5) is 0 Å². The Morgan fingerprint density at radius 2 is 2.29 bits per heavy atom. The van der Waals surface area contributed by atoms with E-state index in [0.717, 1.165) is 5.33 Å². The van der Waals surface area contributed by atoms with Gasteiger partial charge >= 0.3 is 0 Å². The van der Waals surface area contributed by atoms with E-state index < -0.39 is 0 Å². The first-order valence-electron chi connectivity index (χ1n) is 1.99. The minimum absolute atomic E-state index is 0.603. The van der Waals surface area contributed by atoms with Crippen molar-refractivity contribution in [2.45, 2.75) is 0 Å². The Bertz CT molecular complexity index is 52.0. The monoisotopic (exact) mass is 163 g/mol. The first-order valence-corrected chi connectivity index (χ1v) is 3.12. The van der Waals surface area contributed by atoms with Crippen LogP contribution in [0.25, 0.3) is 0 Å². The number of alkyl halides is 1. The van der Waals surface area contributed by atoms with Gasteiger partial charge in [0.2, 0.25) is 0 Å². The van der Waals surface area contributed by atoms with Gasteiger partial charge < -0.3 is 4.74 Å². The molecule has 0 heterocycles. The average Bonchev–Trinajstić information content (AvgIpc) is 1.69. The molecule has 0 aliphatic heterocycles. The fourth-order valence-corrected chi connectivity index (χ4v) is 0.463. The summed E-state index contributed by atoms with van der Waals surface area (Å²) in [6.07, 6.45) is 3.87. The summed E-state index contributed by atoms with van der Waals surface area (Å²) in [6, 6.07) is 0. The second-order valence-electron chi connectivity index (χ2n) is 0.996. The van der Waals surface area contributed by atoms with Gasteiger partial charge in [0.25, 0.3) is 0 Å². The summed E-state index contributed by atoms with van der Waals surface area (Å²) < 4.78 is 4.49. The SMILES string of the molecule is [CH2]OC/C=C/CBr. The van der Waals surface area contributed by atoms with E-state index in [2.05, 4.69) is 27.8 Å². The van der Waals surface area contributed by atoms with Crippen molar-refractivity contribution in [3.05, 3.63) is 19.3 Å². The van der Waals surface area contributed by atoms with E-state index >= 15 is 0 Å². The third kappa shape index (κ3) is 6.18. The molecule has 0 aromatic carbocycles. The standard InChI is InChI=1S/C5H8BrO/c1-7-5-3-2-4-6/h2-3H,1,4-5H2/b3-2+. The van der Waals surface area contributed by atoms with Crippen molar-refractivity contribution >= 4 is 15.9 Å². The Hall–Kier alpha value is 0.180. The van der Waals surface area contributed by atoms with Crippen molar-refractivity contribution in [1.29, 1.82) is 0 Å². The molecule has 0 rings (SSSR count). The zero-order chi connectivity index (χ0) is 5.54. The lowest BCUT2D eigenvalue weighted by molar-refractivity contribution is 0.281. The number of hydrogen-bond acceptors (Lipinski definition) is 1. The first kappa shape index (κ1) is 7.18. The van der Waals surface area contributed by atoms with Crippen LogP contribution in [0.5, 0.6) is 0 Å². The molecule has 1 radical (unpaired) electrons. The number of hydrogen-bond donors (Lipinski definition) is 0. The highest BCUT2D eigenvalue weighted by Crippen LogP contribution is 1.80. The van der Waals surface area contributed by atoms with Gasteiger partial charge in [-0.3, -0.25) is 0 Å². The van der Waals surface area contributed by atoms with Gasteiger partial charge in [0, 0.05) is 5.33 Å².